The van der Waals surface area contributed by atoms with Gasteiger partial charge in [0.2, 0.25) is 0 Å². The van der Waals surface area contributed by atoms with Gasteiger partial charge in [0, 0.05) is 23.3 Å². The van der Waals surface area contributed by atoms with Crippen LogP contribution < -0.4 is 5.32 Å². The maximum Gasteiger partial charge on any atom is 0.251 e. The van der Waals surface area contributed by atoms with Crippen LogP contribution in [-0.4, -0.2) is 27.6 Å². The minimum atomic E-state index is -3.30. The van der Waals surface area contributed by atoms with E-state index in [1.54, 1.807) is 6.07 Å². The number of halogens is 1. The highest BCUT2D eigenvalue weighted by molar-refractivity contribution is 9.10. The zero-order chi connectivity index (χ0) is 11.6. The minimum Gasteiger partial charge on any atom is -0.355 e. The molecule has 1 aromatic rings. The molecule has 1 amide bonds. The summed E-state index contributed by atoms with van der Waals surface area (Å²) in [7, 11) is -1.81. The molecule has 0 aliphatic carbocycles. The fraction of sp³-hybridized carbons (Fsp3) is 0.222. The van der Waals surface area contributed by atoms with Gasteiger partial charge >= 0.3 is 0 Å². The molecule has 0 saturated carbocycles. The molecular formula is C9H10BrNO3S. The van der Waals surface area contributed by atoms with Gasteiger partial charge in [0.05, 0.1) is 4.90 Å². The number of amides is 1. The largest absolute Gasteiger partial charge is 0.355 e. The van der Waals surface area contributed by atoms with Gasteiger partial charge in [-0.25, -0.2) is 8.42 Å². The summed E-state index contributed by atoms with van der Waals surface area (Å²) < 4.78 is 23.2. The van der Waals surface area contributed by atoms with Gasteiger partial charge < -0.3 is 5.32 Å². The number of nitrogens with one attached hydrogen (secondary N) is 1. The molecule has 0 aliphatic heterocycles. The van der Waals surface area contributed by atoms with Crippen molar-refractivity contribution < 1.29 is 13.2 Å². The average Bonchev–Trinajstić information content (AvgIpc) is 2.14. The molecule has 0 unspecified atom stereocenters. The molecule has 0 spiro atoms. The average molecular weight is 292 g/mol. The van der Waals surface area contributed by atoms with Crippen LogP contribution in [0.3, 0.4) is 0 Å². The highest BCUT2D eigenvalue weighted by Crippen LogP contribution is 2.19. The van der Waals surface area contributed by atoms with E-state index in [-0.39, 0.29) is 10.8 Å². The lowest BCUT2D eigenvalue weighted by Crippen LogP contribution is -2.18. The van der Waals surface area contributed by atoms with Gasteiger partial charge in [-0.3, -0.25) is 4.79 Å². The Morgan fingerprint density at radius 3 is 2.40 bits per heavy atom. The fourth-order valence-electron chi connectivity index (χ4n) is 1.05. The van der Waals surface area contributed by atoms with Crippen LogP contribution in [0.4, 0.5) is 0 Å². The Hall–Kier alpha value is -0.880. The zero-order valence-corrected chi connectivity index (χ0v) is 10.6. The quantitative estimate of drug-likeness (QED) is 0.891. The van der Waals surface area contributed by atoms with Crippen molar-refractivity contribution in [3.63, 3.8) is 0 Å². The van der Waals surface area contributed by atoms with Crippen LogP contribution >= 0.6 is 15.9 Å². The molecule has 15 heavy (non-hydrogen) atoms. The summed E-state index contributed by atoms with van der Waals surface area (Å²) in [5.41, 5.74) is 0.312. The lowest BCUT2D eigenvalue weighted by Gasteiger charge is -2.04. The van der Waals surface area contributed by atoms with Crippen molar-refractivity contribution >= 4 is 31.7 Å². The summed E-state index contributed by atoms with van der Waals surface area (Å²) in [4.78, 5) is 11.4. The lowest BCUT2D eigenvalue weighted by atomic mass is 10.2. The molecule has 0 saturated heterocycles. The second kappa shape index (κ2) is 4.32. The van der Waals surface area contributed by atoms with E-state index in [1.807, 2.05) is 0 Å². The van der Waals surface area contributed by atoms with Crippen LogP contribution in [0.25, 0.3) is 0 Å². The number of carbonyl (C=O) groups excluding carboxylic acids is 1. The topological polar surface area (TPSA) is 63.2 Å². The molecule has 0 atom stereocenters. The van der Waals surface area contributed by atoms with Crippen LogP contribution in [0.1, 0.15) is 10.4 Å². The smallest absolute Gasteiger partial charge is 0.251 e. The summed E-state index contributed by atoms with van der Waals surface area (Å²) in [5, 5.41) is 2.43. The van der Waals surface area contributed by atoms with E-state index < -0.39 is 9.84 Å². The fourth-order valence-corrected chi connectivity index (χ4v) is 2.38. The maximum atomic E-state index is 11.3. The second-order valence-electron chi connectivity index (χ2n) is 3.03. The van der Waals surface area contributed by atoms with Crippen molar-refractivity contribution in [2.24, 2.45) is 0 Å². The predicted molar refractivity (Wildman–Crippen MR) is 60.6 cm³/mol. The van der Waals surface area contributed by atoms with Crippen molar-refractivity contribution in [3.8, 4) is 0 Å². The number of carbonyl (C=O) groups is 1. The minimum absolute atomic E-state index is 0.121. The molecule has 1 aromatic carbocycles. The van der Waals surface area contributed by atoms with E-state index >= 15 is 0 Å². The van der Waals surface area contributed by atoms with Gasteiger partial charge in [-0.05, 0) is 18.2 Å². The first-order valence-corrected chi connectivity index (χ1v) is 6.76. The Balaban J connectivity index is 3.35. The molecule has 0 radical (unpaired) electrons. The molecule has 0 heterocycles. The van der Waals surface area contributed by atoms with Gasteiger partial charge in [-0.15, -0.1) is 0 Å². The molecule has 82 valence electrons. The molecular weight excluding hydrogens is 282 g/mol. The summed E-state index contributed by atoms with van der Waals surface area (Å²) in [6, 6.07) is 4.37. The maximum absolute atomic E-state index is 11.3. The van der Waals surface area contributed by atoms with E-state index in [9.17, 15) is 13.2 Å². The van der Waals surface area contributed by atoms with Crippen molar-refractivity contribution in [1.29, 1.82) is 0 Å². The van der Waals surface area contributed by atoms with Crippen molar-refractivity contribution in [2.45, 2.75) is 4.90 Å². The lowest BCUT2D eigenvalue weighted by molar-refractivity contribution is 0.0963. The predicted octanol–water partition coefficient (Wildman–Crippen LogP) is 1.21. The monoisotopic (exact) mass is 291 g/mol. The van der Waals surface area contributed by atoms with E-state index in [1.165, 1.54) is 19.2 Å². The standard InChI is InChI=1S/C9H10BrNO3S/c1-11-9(12)6-3-7(10)5-8(4-6)15(2,13)14/h3-5H,1-2H3,(H,11,12). The van der Waals surface area contributed by atoms with E-state index in [2.05, 4.69) is 21.2 Å². The number of rotatable bonds is 2. The van der Waals surface area contributed by atoms with Crippen LogP contribution in [0, 0.1) is 0 Å². The van der Waals surface area contributed by atoms with Gasteiger partial charge in [-0.1, -0.05) is 15.9 Å². The van der Waals surface area contributed by atoms with Crippen LogP contribution in [0.15, 0.2) is 27.6 Å². The molecule has 6 heteroatoms. The van der Waals surface area contributed by atoms with Crippen molar-refractivity contribution in [3.05, 3.63) is 28.2 Å². The van der Waals surface area contributed by atoms with Gasteiger partial charge in [-0.2, -0.15) is 0 Å². The molecule has 1 N–H and O–H groups in total. The molecule has 0 aromatic heterocycles. The number of hydrogen-bond donors (Lipinski definition) is 1. The van der Waals surface area contributed by atoms with E-state index in [4.69, 9.17) is 0 Å². The Morgan fingerprint density at radius 1 is 1.33 bits per heavy atom. The second-order valence-corrected chi connectivity index (χ2v) is 5.96. The van der Waals surface area contributed by atoms with Gasteiger partial charge in [0.25, 0.3) is 5.91 Å². The van der Waals surface area contributed by atoms with Crippen LogP contribution in [-0.2, 0) is 9.84 Å². The van der Waals surface area contributed by atoms with Crippen LogP contribution in [0.5, 0.6) is 0 Å². The third kappa shape index (κ3) is 3.04. The summed E-state index contributed by atoms with van der Waals surface area (Å²) in [6.07, 6.45) is 1.10. The van der Waals surface area contributed by atoms with Gasteiger partial charge in [0.15, 0.2) is 9.84 Å². The van der Waals surface area contributed by atoms with Crippen molar-refractivity contribution in [2.75, 3.05) is 13.3 Å². The molecule has 1 rings (SSSR count). The third-order valence-corrected chi connectivity index (χ3v) is 3.34. The SMILES string of the molecule is CNC(=O)c1cc(Br)cc(S(C)(=O)=O)c1. The Labute approximate surface area is 96.7 Å². The number of sulfone groups is 1. The first-order chi connectivity index (χ1) is 6.84. The molecule has 4 nitrogen and oxygen atoms in total. The van der Waals surface area contributed by atoms with Crippen LogP contribution in [0.2, 0.25) is 0 Å². The highest BCUT2D eigenvalue weighted by Gasteiger charge is 2.12. The third-order valence-electron chi connectivity index (χ3n) is 1.79. The Morgan fingerprint density at radius 2 is 1.93 bits per heavy atom. The summed E-state index contributed by atoms with van der Waals surface area (Å²) in [6.45, 7) is 0. The molecule has 0 aliphatic rings. The summed E-state index contributed by atoms with van der Waals surface area (Å²) >= 11 is 3.16. The molecule has 0 fully saturated rings. The zero-order valence-electron chi connectivity index (χ0n) is 8.24. The number of benzene rings is 1. The first kappa shape index (κ1) is 12.2. The first-order valence-electron chi connectivity index (χ1n) is 4.07. The Bertz CT molecular complexity index is 496. The highest BCUT2D eigenvalue weighted by atomic mass is 79.9. The normalized spacial score (nSPS) is 11.1. The Kier molecular flexibility index (Phi) is 3.51. The summed E-state index contributed by atoms with van der Waals surface area (Å²) in [5.74, 6) is -0.318. The van der Waals surface area contributed by atoms with E-state index in [0.717, 1.165) is 6.26 Å². The van der Waals surface area contributed by atoms with Crippen molar-refractivity contribution in [1.82, 2.24) is 5.32 Å². The molecule has 0 bridgehead atoms. The number of hydrogen-bond acceptors (Lipinski definition) is 3. The van der Waals surface area contributed by atoms with E-state index in [0.29, 0.717) is 10.0 Å². The van der Waals surface area contributed by atoms with Gasteiger partial charge in [0.1, 0.15) is 0 Å².